The summed E-state index contributed by atoms with van der Waals surface area (Å²) in [4.78, 5) is 19.3. The zero-order valence-corrected chi connectivity index (χ0v) is 14.6. The average Bonchev–Trinajstić information content (AvgIpc) is 3.17. The molecule has 4 rings (SSSR count). The van der Waals surface area contributed by atoms with Gasteiger partial charge in [0.1, 0.15) is 11.0 Å². The summed E-state index contributed by atoms with van der Waals surface area (Å²) < 4.78 is 0. The first-order valence-electron chi connectivity index (χ1n) is 9.08. The van der Waals surface area contributed by atoms with E-state index in [2.05, 4.69) is 25.7 Å². The molecule has 0 saturated carbocycles. The van der Waals surface area contributed by atoms with Crippen molar-refractivity contribution in [2.24, 2.45) is 0 Å². The summed E-state index contributed by atoms with van der Waals surface area (Å²) in [6.45, 7) is 0.785. The number of aromatic nitrogens is 4. The average molecular weight is 350 g/mol. The van der Waals surface area contributed by atoms with E-state index in [1.165, 1.54) is 0 Å². The molecule has 1 aromatic carbocycles. The number of carbonyl (C=O) groups excluding carboxylic acids is 1. The van der Waals surface area contributed by atoms with E-state index in [1.807, 2.05) is 47.5 Å². The van der Waals surface area contributed by atoms with Crippen LogP contribution in [0.25, 0.3) is 11.0 Å². The lowest BCUT2D eigenvalue weighted by Gasteiger charge is -2.35. The molecule has 134 valence electrons. The minimum absolute atomic E-state index is 0.0637. The van der Waals surface area contributed by atoms with Gasteiger partial charge < -0.3 is 10.2 Å². The van der Waals surface area contributed by atoms with Crippen LogP contribution in [0, 0.1) is 0 Å². The monoisotopic (exact) mass is 350 g/mol. The first-order chi connectivity index (χ1) is 12.8. The van der Waals surface area contributed by atoms with Crippen molar-refractivity contribution in [1.29, 1.82) is 0 Å². The molecule has 1 atom stereocenters. The van der Waals surface area contributed by atoms with Crippen molar-refractivity contribution in [2.45, 2.75) is 38.1 Å². The number of anilines is 1. The smallest absolute Gasteiger partial charge is 0.322 e. The van der Waals surface area contributed by atoms with Crippen LogP contribution < -0.4 is 5.32 Å². The van der Waals surface area contributed by atoms with Crippen molar-refractivity contribution in [2.75, 3.05) is 11.9 Å². The Balaban J connectivity index is 1.45. The number of H-pyrrole nitrogens is 1. The van der Waals surface area contributed by atoms with E-state index >= 15 is 0 Å². The SMILES string of the molecule is O=C(Nc1cccc2n[nH]nc12)N1CCCC[C@H]1CCc1ccccn1. The number of amides is 2. The zero-order valence-electron chi connectivity index (χ0n) is 14.6. The molecule has 0 aliphatic carbocycles. The number of hydrogen-bond donors (Lipinski definition) is 2. The van der Waals surface area contributed by atoms with Crippen LogP contribution in [0.1, 0.15) is 31.4 Å². The molecule has 26 heavy (non-hydrogen) atoms. The number of urea groups is 1. The van der Waals surface area contributed by atoms with Gasteiger partial charge in [-0.2, -0.15) is 15.4 Å². The van der Waals surface area contributed by atoms with Crippen LogP contribution in [0.5, 0.6) is 0 Å². The number of hydrogen-bond acceptors (Lipinski definition) is 4. The van der Waals surface area contributed by atoms with E-state index in [-0.39, 0.29) is 12.1 Å². The molecule has 1 fully saturated rings. The largest absolute Gasteiger partial charge is 0.322 e. The summed E-state index contributed by atoms with van der Waals surface area (Å²) in [5.74, 6) is 0. The van der Waals surface area contributed by atoms with E-state index in [1.54, 1.807) is 0 Å². The lowest BCUT2D eigenvalue weighted by atomic mass is 9.97. The number of fused-ring (bicyclic) bond motifs is 1. The van der Waals surface area contributed by atoms with Gasteiger partial charge in [0.15, 0.2) is 0 Å². The highest BCUT2D eigenvalue weighted by Crippen LogP contribution is 2.24. The zero-order chi connectivity index (χ0) is 17.8. The molecule has 1 saturated heterocycles. The number of para-hydroxylation sites is 1. The Hall–Kier alpha value is -2.96. The Morgan fingerprint density at radius 3 is 3.04 bits per heavy atom. The standard InChI is InChI=1S/C19H22N6O/c26-19(21-16-8-5-9-17-18(16)23-24-22-17)25-13-4-2-7-15(25)11-10-14-6-1-3-12-20-14/h1,3,5-6,8-9,12,15H,2,4,7,10-11,13H2,(H,21,26)(H,22,23,24)/t15-/m0/s1. The first-order valence-corrected chi connectivity index (χ1v) is 9.08. The molecule has 0 bridgehead atoms. The van der Waals surface area contributed by atoms with E-state index < -0.39 is 0 Å². The first kappa shape index (κ1) is 16.5. The number of aryl methyl sites for hydroxylation is 1. The second-order valence-corrected chi connectivity index (χ2v) is 6.63. The molecule has 1 aliphatic heterocycles. The number of pyridine rings is 1. The molecule has 2 N–H and O–H groups in total. The minimum atomic E-state index is -0.0637. The number of nitrogens with one attached hydrogen (secondary N) is 2. The van der Waals surface area contributed by atoms with Crippen LogP contribution in [0.3, 0.4) is 0 Å². The van der Waals surface area contributed by atoms with E-state index in [9.17, 15) is 4.79 Å². The van der Waals surface area contributed by atoms with Gasteiger partial charge in [-0.25, -0.2) is 4.79 Å². The third kappa shape index (κ3) is 3.51. The van der Waals surface area contributed by atoms with Gasteiger partial charge in [0.25, 0.3) is 0 Å². The molecule has 0 unspecified atom stereocenters. The summed E-state index contributed by atoms with van der Waals surface area (Å²) in [5, 5.41) is 13.8. The van der Waals surface area contributed by atoms with Crippen LogP contribution in [0.4, 0.5) is 10.5 Å². The molecular formula is C19H22N6O. The second kappa shape index (κ2) is 7.51. The number of nitrogens with zero attached hydrogens (tertiary/aromatic N) is 4. The number of piperidine rings is 1. The Kier molecular flexibility index (Phi) is 4.77. The predicted octanol–water partition coefficient (Wildman–Crippen LogP) is 3.37. The molecule has 2 aromatic heterocycles. The fraction of sp³-hybridized carbons (Fsp3) is 0.368. The second-order valence-electron chi connectivity index (χ2n) is 6.63. The summed E-state index contributed by atoms with van der Waals surface area (Å²) in [6, 6.07) is 11.7. The fourth-order valence-electron chi connectivity index (χ4n) is 3.58. The molecule has 0 radical (unpaired) electrons. The Labute approximate surface area is 151 Å². The predicted molar refractivity (Wildman–Crippen MR) is 99.8 cm³/mol. The molecule has 2 amide bonds. The van der Waals surface area contributed by atoms with E-state index in [4.69, 9.17) is 0 Å². The van der Waals surface area contributed by atoms with E-state index in [0.29, 0.717) is 11.2 Å². The highest BCUT2D eigenvalue weighted by molar-refractivity contribution is 5.98. The van der Waals surface area contributed by atoms with Gasteiger partial charge in [0, 0.05) is 24.5 Å². The highest BCUT2D eigenvalue weighted by atomic mass is 16.2. The fourth-order valence-corrected chi connectivity index (χ4v) is 3.58. The van der Waals surface area contributed by atoms with Crippen molar-refractivity contribution in [1.82, 2.24) is 25.3 Å². The minimum Gasteiger partial charge on any atom is -0.322 e. The van der Waals surface area contributed by atoms with Gasteiger partial charge in [0.2, 0.25) is 0 Å². The molecule has 3 heterocycles. The number of rotatable bonds is 4. The maximum Gasteiger partial charge on any atom is 0.322 e. The van der Waals surface area contributed by atoms with Crippen LogP contribution in [0.15, 0.2) is 42.6 Å². The number of likely N-dealkylation sites (tertiary alicyclic amines) is 1. The Bertz CT molecular complexity index is 878. The van der Waals surface area contributed by atoms with Crippen LogP contribution in [0.2, 0.25) is 0 Å². The van der Waals surface area contributed by atoms with Crippen LogP contribution in [-0.4, -0.2) is 43.9 Å². The maximum atomic E-state index is 12.9. The Morgan fingerprint density at radius 2 is 2.15 bits per heavy atom. The van der Waals surface area contributed by atoms with Crippen molar-refractivity contribution in [3.8, 4) is 0 Å². The van der Waals surface area contributed by atoms with Crippen LogP contribution >= 0.6 is 0 Å². The molecule has 7 nitrogen and oxygen atoms in total. The lowest BCUT2D eigenvalue weighted by molar-refractivity contribution is 0.158. The summed E-state index contributed by atoms with van der Waals surface area (Å²) in [5.41, 5.74) is 3.19. The number of carbonyl (C=O) groups is 1. The van der Waals surface area contributed by atoms with Gasteiger partial charge in [-0.3, -0.25) is 4.98 Å². The molecule has 1 aliphatic rings. The maximum absolute atomic E-state index is 12.9. The Morgan fingerprint density at radius 1 is 1.19 bits per heavy atom. The van der Waals surface area contributed by atoms with Gasteiger partial charge in [0.05, 0.1) is 5.69 Å². The summed E-state index contributed by atoms with van der Waals surface area (Å²) in [7, 11) is 0. The lowest BCUT2D eigenvalue weighted by Crippen LogP contribution is -2.46. The van der Waals surface area contributed by atoms with Gasteiger partial charge in [-0.05, 0) is 56.4 Å². The quantitative estimate of drug-likeness (QED) is 0.755. The third-order valence-electron chi connectivity index (χ3n) is 4.94. The van der Waals surface area contributed by atoms with Crippen molar-refractivity contribution in [3.05, 3.63) is 48.3 Å². The molecular weight excluding hydrogens is 328 g/mol. The number of benzene rings is 1. The van der Waals surface area contributed by atoms with Gasteiger partial charge in [-0.1, -0.05) is 12.1 Å². The third-order valence-corrected chi connectivity index (χ3v) is 4.94. The van der Waals surface area contributed by atoms with Gasteiger partial charge in [-0.15, -0.1) is 0 Å². The van der Waals surface area contributed by atoms with Crippen molar-refractivity contribution in [3.63, 3.8) is 0 Å². The van der Waals surface area contributed by atoms with Crippen molar-refractivity contribution < 1.29 is 4.79 Å². The molecule has 7 heteroatoms. The topological polar surface area (TPSA) is 86.8 Å². The van der Waals surface area contributed by atoms with Crippen LogP contribution in [-0.2, 0) is 6.42 Å². The normalized spacial score (nSPS) is 17.4. The summed E-state index contributed by atoms with van der Waals surface area (Å²) >= 11 is 0. The molecule has 3 aromatic rings. The van der Waals surface area contributed by atoms with Crippen molar-refractivity contribution >= 4 is 22.8 Å². The number of aromatic amines is 1. The molecule has 0 spiro atoms. The highest BCUT2D eigenvalue weighted by Gasteiger charge is 2.27. The summed E-state index contributed by atoms with van der Waals surface area (Å²) in [6.07, 6.45) is 6.87. The van der Waals surface area contributed by atoms with E-state index in [0.717, 1.165) is 49.9 Å². The van der Waals surface area contributed by atoms with Gasteiger partial charge >= 0.3 is 6.03 Å².